The molecular formula is C14H22N2OS. The number of hydrogen-bond donors (Lipinski definition) is 1. The first-order valence-corrected chi connectivity index (χ1v) is 8.24. The Hall–Kier alpha value is -0.480. The lowest BCUT2D eigenvalue weighted by Crippen LogP contribution is -2.25. The molecule has 0 bridgehead atoms. The van der Waals surface area contributed by atoms with Crippen LogP contribution in [0.5, 0.6) is 0 Å². The van der Waals surface area contributed by atoms with Crippen molar-refractivity contribution in [3.8, 4) is 0 Å². The molecule has 4 heteroatoms. The van der Waals surface area contributed by atoms with Crippen molar-refractivity contribution in [3.05, 3.63) is 17.7 Å². The van der Waals surface area contributed by atoms with E-state index in [9.17, 15) is 5.11 Å². The number of aromatic nitrogens is 2. The van der Waals surface area contributed by atoms with Gasteiger partial charge in [0.05, 0.1) is 0 Å². The van der Waals surface area contributed by atoms with Crippen molar-refractivity contribution in [2.45, 2.75) is 38.6 Å². The summed E-state index contributed by atoms with van der Waals surface area (Å²) in [6.45, 7) is 1.29. The van der Waals surface area contributed by atoms with E-state index in [2.05, 4.69) is 27.5 Å². The molecule has 0 amide bonds. The van der Waals surface area contributed by atoms with Crippen molar-refractivity contribution in [3.63, 3.8) is 0 Å². The van der Waals surface area contributed by atoms with Gasteiger partial charge in [0, 0.05) is 37.4 Å². The average Bonchev–Trinajstić information content (AvgIpc) is 2.82. The molecule has 1 saturated heterocycles. The third-order valence-electron chi connectivity index (χ3n) is 4.25. The molecule has 0 radical (unpaired) electrons. The van der Waals surface area contributed by atoms with Crippen molar-refractivity contribution in [2.75, 3.05) is 18.1 Å². The lowest BCUT2D eigenvalue weighted by molar-refractivity contribution is 0.190. The molecule has 2 atom stereocenters. The quantitative estimate of drug-likeness (QED) is 0.910. The number of aliphatic hydroxyl groups is 1. The zero-order valence-corrected chi connectivity index (χ0v) is 11.7. The van der Waals surface area contributed by atoms with E-state index in [-0.39, 0.29) is 0 Å². The molecule has 1 fully saturated rings. The molecule has 1 aromatic heterocycles. The summed E-state index contributed by atoms with van der Waals surface area (Å²) >= 11 is 2.09. The van der Waals surface area contributed by atoms with Crippen LogP contribution >= 0.6 is 11.8 Å². The van der Waals surface area contributed by atoms with Crippen LogP contribution in [0.25, 0.3) is 0 Å². The highest BCUT2D eigenvalue weighted by Gasteiger charge is 2.23. The van der Waals surface area contributed by atoms with E-state index in [0.29, 0.717) is 12.5 Å². The predicted octanol–water partition coefficient (Wildman–Crippen LogP) is 2.12. The number of aryl methyl sites for hydroxylation is 1. The lowest BCUT2D eigenvalue weighted by atomic mass is 9.98. The molecule has 3 heterocycles. The Morgan fingerprint density at radius 1 is 1.39 bits per heavy atom. The molecular weight excluding hydrogens is 244 g/mol. The number of thioether (sulfide) groups is 1. The molecule has 2 aliphatic rings. The van der Waals surface area contributed by atoms with E-state index in [0.717, 1.165) is 31.7 Å². The maximum absolute atomic E-state index is 9.33. The number of rotatable bonds is 3. The smallest absolute Gasteiger partial charge is 0.109 e. The Kier molecular flexibility index (Phi) is 3.94. The van der Waals surface area contributed by atoms with Gasteiger partial charge >= 0.3 is 0 Å². The zero-order chi connectivity index (χ0) is 12.4. The first-order valence-electron chi connectivity index (χ1n) is 7.08. The van der Waals surface area contributed by atoms with Crippen LogP contribution in [0, 0.1) is 11.8 Å². The molecule has 2 aliphatic heterocycles. The van der Waals surface area contributed by atoms with E-state index in [1.165, 1.54) is 35.9 Å². The van der Waals surface area contributed by atoms with Gasteiger partial charge in [-0.15, -0.1) is 0 Å². The van der Waals surface area contributed by atoms with E-state index >= 15 is 0 Å². The Bertz CT molecular complexity index is 398. The fraction of sp³-hybridized carbons (Fsp3) is 0.786. The molecule has 18 heavy (non-hydrogen) atoms. The predicted molar refractivity (Wildman–Crippen MR) is 74.9 cm³/mol. The Morgan fingerprint density at radius 3 is 3.11 bits per heavy atom. The van der Waals surface area contributed by atoms with E-state index < -0.39 is 0 Å². The Labute approximate surface area is 113 Å². The first kappa shape index (κ1) is 12.5. The second-order valence-corrected chi connectivity index (χ2v) is 6.80. The first-order chi connectivity index (χ1) is 8.86. The number of aliphatic hydroxyl groups excluding tert-OH is 1. The monoisotopic (exact) mass is 266 g/mol. The van der Waals surface area contributed by atoms with Crippen LogP contribution in [0.4, 0.5) is 0 Å². The topological polar surface area (TPSA) is 38.1 Å². The van der Waals surface area contributed by atoms with E-state index in [4.69, 9.17) is 0 Å². The SMILES string of the molecule is OCC1CCc2cnc(CC3CCCSC3)n2C1. The maximum atomic E-state index is 9.33. The number of imidazole rings is 1. The highest BCUT2D eigenvalue weighted by Crippen LogP contribution is 2.27. The van der Waals surface area contributed by atoms with Gasteiger partial charge in [0.1, 0.15) is 5.82 Å². The molecule has 1 aromatic rings. The summed E-state index contributed by atoms with van der Waals surface area (Å²) in [5.41, 5.74) is 1.37. The van der Waals surface area contributed by atoms with Gasteiger partial charge in [0.2, 0.25) is 0 Å². The molecule has 0 aliphatic carbocycles. The van der Waals surface area contributed by atoms with Gasteiger partial charge in [-0.25, -0.2) is 4.98 Å². The Morgan fingerprint density at radius 2 is 2.33 bits per heavy atom. The maximum Gasteiger partial charge on any atom is 0.109 e. The van der Waals surface area contributed by atoms with Gasteiger partial charge in [0.25, 0.3) is 0 Å². The van der Waals surface area contributed by atoms with E-state index in [1.807, 2.05) is 0 Å². The summed E-state index contributed by atoms with van der Waals surface area (Å²) in [7, 11) is 0. The van der Waals surface area contributed by atoms with Crippen molar-refractivity contribution >= 4 is 11.8 Å². The van der Waals surface area contributed by atoms with Gasteiger partial charge in [0.15, 0.2) is 0 Å². The second kappa shape index (κ2) is 5.66. The third-order valence-corrected chi connectivity index (χ3v) is 5.54. The van der Waals surface area contributed by atoms with Gasteiger partial charge in [-0.3, -0.25) is 0 Å². The van der Waals surface area contributed by atoms with Crippen molar-refractivity contribution in [2.24, 2.45) is 11.8 Å². The van der Waals surface area contributed by atoms with Gasteiger partial charge in [-0.2, -0.15) is 11.8 Å². The standard InChI is InChI=1S/C14H22N2OS/c17-9-12-3-4-13-7-15-14(16(13)8-12)6-11-2-1-5-18-10-11/h7,11-12,17H,1-6,8-10H2. The minimum absolute atomic E-state index is 0.316. The van der Waals surface area contributed by atoms with Crippen molar-refractivity contribution in [1.82, 2.24) is 9.55 Å². The highest BCUT2D eigenvalue weighted by atomic mass is 32.2. The van der Waals surface area contributed by atoms with Crippen molar-refractivity contribution in [1.29, 1.82) is 0 Å². The third kappa shape index (κ3) is 2.59. The minimum atomic E-state index is 0.316. The van der Waals surface area contributed by atoms with Gasteiger partial charge in [-0.05, 0) is 43.1 Å². The minimum Gasteiger partial charge on any atom is -0.396 e. The average molecular weight is 266 g/mol. The normalized spacial score (nSPS) is 28.1. The zero-order valence-electron chi connectivity index (χ0n) is 10.8. The van der Waals surface area contributed by atoms with Crippen LogP contribution in [0.2, 0.25) is 0 Å². The molecule has 100 valence electrons. The second-order valence-electron chi connectivity index (χ2n) is 5.65. The fourth-order valence-corrected chi connectivity index (χ4v) is 4.27. The fourth-order valence-electron chi connectivity index (χ4n) is 3.12. The number of hydrogen-bond acceptors (Lipinski definition) is 3. The molecule has 2 unspecified atom stereocenters. The molecule has 3 rings (SSSR count). The van der Waals surface area contributed by atoms with Crippen LogP contribution < -0.4 is 0 Å². The highest BCUT2D eigenvalue weighted by molar-refractivity contribution is 7.99. The van der Waals surface area contributed by atoms with Crippen molar-refractivity contribution < 1.29 is 5.11 Å². The molecule has 1 N–H and O–H groups in total. The van der Waals surface area contributed by atoms with Gasteiger partial charge < -0.3 is 9.67 Å². The van der Waals surface area contributed by atoms with Crippen LogP contribution in [0.1, 0.15) is 30.8 Å². The summed E-state index contributed by atoms with van der Waals surface area (Å²) in [6, 6.07) is 0. The molecule has 0 aromatic carbocycles. The van der Waals surface area contributed by atoms with Crippen LogP contribution in [0.15, 0.2) is 6.20 Å². The lowest BCUT2D eigenvalue weighted by Gasteiger charge is -2.26. The molecule has 0 saturated carbocycles. The summed E-state index contributed by atoms with van der Waals surface area (Å²) in [5.74, 6) is 5.14. The van der Waals surface area contributed by atoms with E-state index in [1.54, 1.807) is 0 Å². The summed E-state index contributed by atoms with van der Waals surface area (Å²) in [5, 5.41) is 9.33. The van der Waals surface area contributed by atoms with Crippen LogP contribution in [-0.4, -0.2) is 32.8 Å². The summed E-state index contributed by atoms with van der Waals surface area (Å²) < 4.78 is 2.38. The number of fused-ring (bicyclic) bond motifs is 1. The molecule has 3 nitrogen and oxygen atoms in total. The number of nitrogens with zero attached hydrogens (tertiary/aromatic N) is 2. The Balaban J connectivity index is 1.71. The van der Waals surface area contributed by atoms with Crippen LogP contribution in [-0.2, 0) is 19.4 Å². The summed E-state index contributed by atoms with van der Waals surface area (Å²) in [4.78, 5) is 4.63. The summed E-state index contributed by atoms with van der Waals surface area (Å²) in [6.07, 6.45) is 8.10. The largest absolute Gasteiger partial charge is 0.396 e. The van der Waals surface area contributed by atoms with Gasteiger partial charge in [-0.1, -0.05) is 0 Å². The molecule has 0 spiro atoms. The van der Waals surface area contributed by atoms with Crippen LogP contribution in [0.3, 0.4) is 0 Å².